The van der Waals surface area contributed by atoms with E-state index in [0.717, 1.165) is 0 Å². The largest absolute Gasteiger partial charge is 0.473 e. The van der Waals surface area contributed by atoms with Crippen LogP contribution in [0.3, 0.4) is 0 Å². The predicted octanol–water partition coefficient (Wildman–Crippen LogP) is -9.17. The molecular weight excluding hydrogens is 629 g/mol. The van der Waals surface area contributed by atoms with Gasteiger partial charge in [0.25, 0.3) is 0 Å². The molecule has 0 unspecified atom stereocenters. The minimum atomic E-state index is -1.82. The van der Waals surface area contributed by atoms with Gasteiger partial charge in [0.15, 0.2) is 0 Å². The molecule has 0 atom stereocenters. The molecule has 0 aliphatic heterocycles. The summed E-state index contributed by atoms with van der Waals surface area (Å²) in [5.74, 6) is -18.2. The van der Waals surface area contributed by atoms with Crippen molar-refractivity contribution in [1.29, 1.82) is 0 Å². The maximum atomic E-state index is 9.10. The van der Waals surface area contributed by atoms with Gasteiger partial charge in [-0.1, -0.05) is 0 Å². The minimum absolute atomic E-state index is 0. The molecule has 0 fully saturated rings. The van der Waals surface area contributed by atoms with Gasteiger partial charge in [-0.25, -0.2) is 47.9 Å². The molecular formula is C10H22NbO26. The van der Waals surface area contributed by atoms with E-state index in [4.69, 9.17) is 99.0 Å². The molecule has 0 amide bonds. The van der Waals surface area contributed by atoms with Crippen LogP contribution in [0.25, 0.3) is 0 Å². The van der Waals surface area contributed by atoms with Crippen LogP contribution >= 0.6 is 0 Å². The average molecular weight is 651 g/mol. The Morgan fingerprint density at radius 1 is 0.216 bits per heavy atom. The van der Waals surface area contributed by atoms with E-state index in [-0.39, 0.29) is 55.2 Å². The van der Waals surface area contributed by atoms with Crippen molar-refractivity contribution < 1.29 is 154 Å². The van der Waals surface area contributed by atoms with Crippen molar-refractivity contribution in [2.75, 3.05) is 0 Å². The molecule has 0 aromatic heterocycles. The fourth-order valence-electron chi connectivity index (χ4n) is 0. The second-order valence-corrected chi connectivity index (χ2v) is 3.05. The molecule has 0 aliphatic carbocycles. The molecule has 26 nitrogen and oxygen atoms in total. The number of carboxylic acids is 10. The molecule has 0 heterocycles. The van der Waals surface area contributed by atoms with Gasteiger partial charge in [-0.2, -0.15) is 0 Å². The van der Waals surface area contributed by atoms with Gasteiger partial charge < -0.3 is 83.9 Å². The van der Waals surface area contributed by atoms with Crippen molar-refractivity contribution in [1.82, 2.24) is 0 Å². The van der Waals surface area contributed by atoms with Gasteiger partial charge in [-0.05, 0) is 0 Å². The molecule has 0 saturated heterocycles. The second kappa shape index (κ2) is 44.8. The summed E-state index contributed by atoms with van der Waals surface area (Å²) < 4.78 is 0. The topological polar surface area (TPSA) is 562 Å². The van der Waals surface area contributed by atoms with Gasteiger partial charge in [-0.15, -0.1) is 0 Å². The molecule has 0 bridgehead atoms. The first-order valence-electron chi connectivity index (χ1n) is 5.53. The van der Waals surface area contributed by atoms with E-state index in [1.165, 1.54) is 0 Å². The molecule has 223 valence electrons. The molecule has 0 aliphatic rings. The maximum absolute atomic E-state index is 9.10. The molecule has 0 aromatic rings. The summed E-state index contributed by atoms with van der Waals surface area (Å²) in [6.07, 6.45) is 0. The smallest absolute Gasteiger partial charge is 0.414 e. The van der Waals surface area contributed by atoms with E-state index in [0.29, 0.717) is 0 Å². The minimum Gasteiger partial charge on any atom is -0.473 e. The van der Waals surface area contributed by atoms with Crippen LogP contribution in [0.1, 0.15) is 0 Å². The third-order valence-electron chi connectivity index (χ3n) is 0.915. The van der Waals surface area contributed by atoms with E-state index in [2.05, 4.69) is 0 Å². The molecule has 0 spiro atoms. The molecule has 37 heavy (non-hydrogen) atoms. The van der Waals surface area contributed by atoms with Crippen LogP contribution in [0.15, 0.2) is 0 Å². The molecule has 1 radical (unpaired) electrons. The van der Waals surface area contributed by atoms with Crippen LogP contribution in [0.2, 0.25) is 0 Å². The van der Waals surface area contributed by atoms with E-state index in [9.17, 15) is 0 Å². The van der Waals surface area contributed by atoms with Crippen molar-refractivity contribution in [2.24, 2.45) is 0 Å². The summed E-state index contributed by atoms with van der Waals surface area (Å²) in [6.45, 7) is 0. The Morgan fingerprint density at radius 2 is 0.243 bits per heavy atom. The number of carbonyl (C=O) groups is 10. The zero-order chi connectivity index (χ0) is 25.8. The zero-order valence-corrected chi connectivity index (χ0v) is 19.2. The maximum Gasteiger partial charge on any atom is 0.414 e. The van der Waals surface area contributed by atoms with E-state index in [1.54, 1.807) is 0 Å². The summed E-state index contributed by atoms with van der Waals surface area (Å²) in [6, 6.07) is 0. The first-order chi connectivity index (χ1) is 13.2. The predicted molar refractivity (Wildman–Crippen MR) is 98.0 cm³/mol. The Kier molecular flexibility index (Phi) is 93.0. The molecule has 0 rings (SSSR count). The van der Waals surface area contributed by atoms with Gasteiger partial charge in [0.1, 0.15) is 0 Å². The monoisotopic (exact) mass is 651 g/mol. The second-order valence-electron chi connectivity index (χ2n) is 3.05. The summed E-state index contributed by atoms with van der Waals surface area (Å²) in [5.41, 5.74) is 0. The van der Waals surface area contributed by atoms with Gasteiger partial charge in [0.05, 0.1) is 0 Å². The van der Waals surface area contributed by atoms with Crippen molar-refractivity contribution >= 4 is 59.7 Å². The van der Waals surface area contributed by atoms with Crippen LogP contribution < -0.4 is 0 Å². The third-order valence-corrected chi connectivity index (χ3v) is 0.915. The number of aliphatic carboxylic acids is 10. The Hall–Kier alpha value is -4.80. The van der Waals surface area contributed by atoms with Crippen molar-refractivity contribution in [3.05, 3.63) is 0 Å². The number of rotatable bonds is 0. The molecule has 0 saturated carbocycles. The molecule has 0 aromatic carbocycles. The van der Waals surface area contributed by atoms with Crippen LogP contribution in [0.4, 0.5) is 0 Å². The zero-order valence-electron chi connectivity index (χ0n) is 17.0. The van der Waals surface area contributed by atoms with Crippen LogP contribution in [-0.4, -0.2) is 144 Å². The van der Waals surface area contributed by atoms with E-state index in [1.807, 2.05) is 0 Å². The van der Waals surface area contributed by atoms with Gasteiger partial charge >= 0.3 is 59.7 Å². The summed E-state index contributed by atoms with van der Waals surface area (Å²) >= 11 is 0. The van der Waals surface area contributed by atoms with Gasteiger partial charge in [-0.3, -0.25) is 0 Å². The number of carboxylic acid groups (broad SMARTS) is 10. The number of hydrogen-bond donors (Lipinski definition) is 10. The van der Waals surface area contributed by atoms with E-state index < -0.39 is 59.7 Å². The van der Waals surface area contributed by atoms with Crippen molar-refractivity contribution in [3.8, 4) is 0 Å². The van der Waals surface area contributed by atoms with Crippen molar-refractivity contribution in [2.45, 2.75) is 0 Å². The van der Waals surface area contributed by atoms with Crippen molar-refractivity contribution in [3.63, 3.8) is 0 Å². The Morgan fingerprint density at radius 3 is 0.243 bits per heavy atom. The van der Waals surface area contributed by atoms with Crippen LogP contribution in [0, 0.1) is 0 Å². The van der Waals surface area contributed by atoms with Crippen LogP contribution in [-0.2, 0) is 70.3 Å². The fourth-order valence-corrected chi connectivity index (χ4v) is 0. The van der Waals surface area contributed by atoms with Gasteiger partial charge in [0.2, 0.25) is 0 Å². The standard InChI is InChI=1S/5C2H2O4.Nb.6H2O/c5*3-1(4)2(5)6;;;;;;;/h5*(H,3,4)(H,5,6);;6*1H2. The Bertz CT molecular complexity index is 507. The third kappa shape index (κ3) is 115. The summed E-state index contributed by atoms with van der Waals surface area (Å²) in [7, 11) is 0. The summed E-state index contributed by atoms with van der Waals surface area (Å²) in [4.78, 5) is 91.0. The normalized spacial score (nSPS) is 5.95. The molecule has 27 heteroatoms. The number of hydrogen-bond acceptors (Lipinski definition) is 10. The van der Waals surface area contributed by atoms with Crippen LogP contribution in [0.5, 0.6) is 0 Å². The quantitative estimate of drug-likeness (QED) is 0.0858. The Labute approximate surface area is 214 Å². The first-order valence-corrected chi connectivity index (χ1v) is 5.53. The van der Waals surface area contributed by atoms with Gasteiger partial charge in [0, 0.05) is 22.4 Å². The Balaban J connectivity index is -0.0000000202. The average Bonchev–Trinajstić information content (AvgIpc) is 2.56. The van der Waals surface area contributed by atoms with E-state index >= 15 is 0 Å². The SMILES string of the molecule is O.O.O.O.O.O.O=C(O)C(=O)O.O=C(O)C(=O)O.O=C(O)C(=O)O.O=C(O)C(=O)O.O=C(O)C(=O)O.[Nb]. The fraction of sp³-hybridized carbons (Fsp3) is 0. The first kappa shape index (κ1) is 76.8. The summed E-state index contributed by atoms with van der Waals surface area (Å²) in [5, 5.41) is 73.9. The molecule has 22 N–H and O–H groups in total.